The fraction of sp³-hybridized carbons (Fsp3) is 0.833. The van der Waals surface area contributed by atoms with Gasteiger partial charge in [0, 0.05) is 6.92 Å². The second-order valence-electron chi connectivity index (χ2n) is 2.16. The molecule has 3 nitrogen and oxygen atoms in total. The molecule has 62 valence electrons. The van der Waals surface area contributed by atoms with Gasteiger partial charge < -0.3 is 9.74 Å². The quantitative estimate of drug-likeness (QED) is 0.568. The summed E-state index contributed by atoms with van der Waals surface area (Å²) in [4.78, 5) is 10.1. The summed E-state index contributed by atoms with van der Waals surface area (Å²) in [7, 11) is 2.67. The lowest BCUT2D eigenvalue weighted by atomic mass is 10.9. The highest BCUT2D eigenvalue weighted by Crippen LogP contribution is 1.81. The SMILES string of the molecule is CC(=O)O[SiH](C)C.CNC. The molecule has 0 radical (unpaired) electrons. The minimum absolute atomic E-state index is 0.151. The average Bonchev–Trinajstić information content (AvgIpc) is 1.62. The molecule has 4 heteroatoms. The molecule has 0 amide bonds. The van der Waals surface area contributed by atoms with Gasteiger partial charge in [-0.25, -0.2) is 0 Å². The summed E-state index contributed by atoms with van der Waals surface area (Å²) in [6, 6.07) is 0. The van der Waals surface area contributed by atoms with E-state index in [-0.39, 0.29) is 5.97 Å². The first-order chi connectivity index (χ1) is 4.54. The van der Waals surface area contributed by atoms with Crippen molar-refractivity contribution in [2.45, 2.75) is 20.0 Å². The van der Waals surface area contributed by atoms with Gasteiger partial charge in [0.05, 0.1) is 0 Å². The van der Waals surface area contributed by atoms with E-state index < -0.39 is 9.04 Å². The Morgan fingerprint density at radius 2 is 1.70 bits per heavy atom. The second kappa shape index (κ2) is 8.65. The molecule has 0 heterocycles. The van der Waals surface area contributed by atoms with Crippen LogP contribution < -0.4 is 5.32 Å². The van der Waals surface area contributed by atoms with E-state index in [4.69, 9.17) is 4.43 Å². The maximum Gasteiger partial charge on any atom is 0.289 e. The van der Waals surface area contributed by atoms with E-state index in [1.165, 1.54) is 6.92 Å². The Balaban J connectivity index is 0. The van der Waals surface area contributed by atoms with Gasteiger partial charge in [-0.05, 0) is 27.2 Å². The molecule has 0 aliphatic carbocycles. The maximum absolute atomic E-state index is 10.1. The Bertz CT molecular complexity index is 85.8. The molecule has 0 bridgehead atoms. The lowest BCUT2D eigenvalue weighted by molar-refractivity contribution is -0.132. The average molecular weight is 163 g/mol. The highest BCUT2D eigenvalue weighted by Gasteiger charge is 1.96. The van der Waals surface area contributed by atoms with Gasteiger partial charge in [0.2, 0.25) is 9.04 Å². The zero-order chi connectivity index (χ0) is 8.57. The van der Waals surface area contributed by atoms with Crippen LogP contribution in [-0.2, 0) is 9.22 Å². The molecule has 0 aromatic rings. The Hall–Kier alpha value is -0.353. The third-order valence-electron chi connectivity index (χ3n) is 0.402. The summed E-state index contributed by atoms with van der Waals surface area (Å²) in [5.41, 5.74) is 0. The van der Waals surface area contributed by atoms with Gasteiger partial charge in [-0.2, -0.15) is 0 Å². The molecule has 1 N–H and O–H groups in total. The first kappa shape index (κ1) is 12.3. The molecule has 0 aromatic heterocycles. The van der Waals surface area contributed by atoms with Crippen molar-refractivity contribution in [3.63, 3.8) is 0 Å². The van der Waals surface area contributed by atoms with Crippen LogP contribution in [0.3, 0.4) is 0 Å². The standard InChI is InChI=1S/C4H10O2Si.C2H7N/c1-4(5)6-7(2)3;1-3-2/h7H,1-3H3;3H,1-2H3. The smallest absolute Gasteiger partial charge is 0.289 e. The van der Waals surface area contributed by atoms with Gasteiger partial charge in [0.25, 0.3) is 5.97 Å². The zero-order valence-corrected chi connectivity index (χ0v) is 8.55. The lowest BCUT2D eigenvalue weighted by Crippen LogP contribution is -2.11. The van der Waals surface area contributed by atoms with Crippen LogP contribution >= 0.6 is 0 Å². The molecule has 0 fully saturated rings. The van der Waals surface area contributed by atoms with Crippen molar-refractivity contribution in [2.24, 2.45) is 0 Å². The molecule has 0 unspecified atom stereocenters. The highest BCUT2D eigenvalue weighted by molar-refractivity contribution is 6.50. The van der Waals surface area contributed by atoms with E-state index in [0.29, 0.717) is 0 Å². The summed E-state index contributed by atoms with van der Waals surface area (Å²) in [5, 5.41) is 2.75. The maximum atomic E-state index is 10.1. The first-order valence-electron chi connectivity index (χ1n) is 3.30. The minimum atomic E-state index is -1.08. The number of hydrogen-bond donors (Lipinski definition) is 1. The van der Waals surface area contributed by atoms with Crippen LogP contribution in [-0.4, -0.2) is 29.1 Å². The fourth-order valence-corrected chi connectivity index (χ4v) is 0.996. The number of hydrogen-bond acceptors (Lipinski definition) is 3. The largest absolute Gasteiger partial charge is 0.523 e. The summed E-state index contributed by atoms with van der Waals surface area (Å²) >= 11 is 0. The summed E-state index contributed by atoms with van der Waals surface area (Å²) in [6.45, 7) is 5.36. The molecule has 0 saturated carbocycles. The van der Waals surface area contributed by atoms with Crippen molar-refractivity contribution in [3.05, 3.63) is 0 Å². The Labute approximate surface area is 64.5 Å². The molecule has 0 aliphatic heterocycles. The van der Waals surface area contributed by atoms with E-state index in [1.807, 2.05) is 27.2 Å². The molecule has 0 aliphatic rings. The van der Waals surface area contributed by atoms with E-state index >= 15 is 0 Å². The highest BCUT2D eigenvalue weighted by atomic mass is 28.3. The van der Waals surface area contributed by atoms with E-state index in [9.17, 15) is 4.79 Å². The monoisotopic (exact) mass is 163 g/mol. The first-order valence-corrected chi connectivity index (χ1v) is 6.08. The Morgan fingerprint density at radius 1 is 1.40 bits per heavy atom. The van der Waals surface area contributed by atoms with Gasteiger partial charge >= 0.3 is 0 Å². The van der Waals surface area contributed by atoms with E-state index in [1.54, 1.807) is 0 Å². The third kappa shape index (κ3) is 25.4. The van der Waals surface area contributed by atoms with Crippen molar-refractivity contribution in [1.29, 1.82) is 0 Å². The fourth-order valence-electron chi connectivity index (χ4n) is 0.332. The van der Waals surface area contributed by atoms with Crippen molar-refractivity contribution in [1.82, 2.24) is 5.32 Å². The Kier molecular flexibility index (Phi) is 10.7. The van der Waals surface area contributed by atoms with Gasteiger partial charge in [-0.15, -0.1) is 0 Å². The predicted molar refractivity (Wildman–Crippen MR) is 45.6 cm³/mol. The van der Waals surface area contributed by atoms with Crippen molar-refractivity contribution >= 4 is 15.0 Å². The number of nitrogens with one attached hydrogen (secondary N) is 1. The Morgan fingerprint density at radius 3 is 1.70 bits per heavy atom. The van der Waals surface area contributed by atoms with E-state index in [2.05, 4.69) is 5.32 Å². The van der Waals surface area contributed by atoms with Crippen LogP contribution in [0, 0.1) is 0 Å². The van der Waals surface area contributed by atoms with Gasteiger partial charge in [-0.1, -0.05) is 0 Å². The topological polar surface area (TPSA) is 38.3 Å². The van der Waals surface area contributed by atoms with Crippen LogP contribution in [0.15, 0.2) is 0 Å². The van der Waals surface area contributed by atoms with Gasteiger partial charge in [0.15, 0.2) is 0 Å². The van der Waals surface area contributed by atoms with Crippen molar-refractivity contribution in [2.75, 3.05) is 14.1 Å². The summed E-state index contributed by atoms with van der Waals surface area (Å²) < 4.78 is 4.75. The second-order valence-corrected chi connectivity index (χ2v) is 4.49. The van der Waals surface area contributed by atoms with Crippen LogP contribution in [0.2, 0.25) is 13.1 Å². The summed E-state index contributed by atoms with van der Waals surface area (Å²) in [6.07, 6.45) is 0. The van der Waals surface area contributed by atoms with Crippen LogP contribution in [0.4, 0.5) is 0 Å². The third-order valence-corrected chi connectivity index (χ3v) is 1.20. The van der Waals surface area contributed by atoms with Crippen LogP contribution in [0.5, 0.6) is 0 Å². The molecule has 0 spiro atoms. The van der Waals surface area contributed by atoms with Crippen LogP contribution in [0.25, 0.3) is 0 Å². The normalized spacial score (nSPS) is 8.20. The summed E-state index contributed by atoms with van der Waals surface area (Å²) in [5.74, 6) is -0.151. The van der Waals surface area contributed by atoms with Crippen LogP contribution in [0.1, 0.15) is 6.92 Å². The number of carbonyl (C=O) groups excluding carboxylic acids is 1. The van der Waals surface area contributed by atoms with Crippen molar-refractivity contribution in [3.8, 4) is 0 Å². The van der Waals surface area contributed by atoms with Gasteiger partial charge in [0.1, 0.15) is 0 Å². The minimum Gasteiger partial charge on any atom is -0.523 e. The molecular weight excluding hydrogens is 146 g/mol. The number of carbonyl (C=O) groups is 1. The molecule has 0 saturated heterocycles. The van der Waals surface area contributed by atoms with Gasteiger partial charge in [-0.3, -0.25) is 4.79 Å². The molecular formula is C6H17NO2Si. The molecule has 0 rings (SSSR count). The molecule has 10 heavy (non-hydrogen) atoms. The number of rotatable bonds is 1. The zero-order valence-electron chi connectivity index (χ0n) is 7.39. The lowest BCUT2D eigenvalue weighted by Gasteiger charge is -2.00. The van der Waals surface area contributed by atoms with E-state index in [0.717, 1.165) is 0 Å². The van der Waals surface area contributed by atoms with Crippen molar-refractivity contribution < 1.29 is 9.22 Å². The predicted octanol–water partition coefficient (Wildman–Crippen LogP) is 0.368. The molecule has 0 atom stereocenters. The molecule has 0 aromatic carbocycles.